The fourth-order valence-corrected chi connectivity index (χ4v) is 4.80. The third-order valence-electron chi connectivity index (χ3n) is 6.37. The van der Waals surface area contributed by atoms with E-state index in [0.29, 0.717) is 24.4 Å². The summed E-state index contributed by atoms with van der Waals surface area (Å²) in [6.45, 7) is 6.88. The highest BCUT2D eigenvalue weighted by molar-refractivity contribution is 6.03. The van der Waals surface area contributed by atoms with Gasteiger partial charge in [-0.3, -0.25) is 9.59 Å². The summed E-state index contributed by atoms with van der Waals surface area (Å²) < 4.78 is 7.70. The van der Waals surface area contributed by atoms with E-state index in [4.69, 9.17) is 4.42 Å². The average molecular weight is 386 g/mol. The first-order valence-corrected chi connectivity index (χ1v) is 10.7. The Morgan fingerprint density at radius 3 is 2.64 bits per heavy atom. The number of hydrogen-bond donors (Lipinski definition) is 1. The first-order valence-electron chi connectivity index (χ1n) is 10.7. The molecule has 1 aliphatic carbocycles. The molecule has 2 amide bonds. The molecule has 2 aromatic rings. The average Bonchev–Trinajstić information content (AvgIpc) is 3.04. The summed E-state index contributed by atoms with van der Waals surface area (Å²) in [4.78, 5) is 28.5. The highest BCUT2D eigenvalue weighted by Crippen LogP contribution is 2.34. The lowest BCUT2D eigenvalue weighted by molar-refractivity contribution is -0.133. The van der Waals surface area contributed by atoms with Crippen molar-refractivity contribution in [3.8, 4) is 0 Å². The van der Waals surface area contributed by atoms with E-state index in [1.165, 1.54) is 12.8 Å². The van der Waals surface area contributed by atoms with Crippen molar-refractivity contribution in [2.45, 2.75) is 83.8 Å². The molecule has 6 nitrogen and oxygen atoms in total. The number of hydrogen-bond acceptors (Lipinski definition) is 3. The van der Waals surface area contributed by atoms with Gasteiger partial charge >= 0.3 is 0 Å². The van der Waals surface area contributed by atoms with Crippen LogP contribution in [0.4, 0.5) is 0 Å². The molecule has 2 aliphatic rings. The quantitative estimate of drug-likeness (QED) is 0.809. The van der Waals surface area contributed by atoms with Crippen molar-refractivity contribution in [1.82, 2.24) is 14.8 Å². The molecule has 1 aliphatic heterocycles. The molecule has 0 saturated heterocycles. The predicted octanol–water partition coefficient (Wildman–Crippen LogP) is 4.01. The van der Waals surface area contributed by atoms with E-state index in [2.05, 4.69) is 5.32 Å². The van der Waals surface area contributed by atoms with Crippen molar-refractivity contribution in [3.05, 3.63) is 23.6 Å². The number of nitrogens with zero attached hydrogens (tertiary/aromatic N) is 2. The number of fused-ring (bicyclic) bond motifs is 3. The zero-order chi connectivity index (χ0) is 19.9. The molecule has 4 rings (SSSR count). The molecule has 1 atom stereocenters. The van der Waals surface area contributed by atoms with Crippen LogP contribution in [0.3, 0.4) is 0 Å². The van der Waals surface area contributed by atoms with Crippen molar-refractivity contribution in [1.29, 1.82) is 0 Å². The van der Waals surface area contributed by atoms with Gasteiger partial charge in [-0.15, -0.1) is 0 Å². The van der Waals surface area contributed by atoms with Crippen molar-refractivity contribution < 1.29 is 14.0 Å². The maximum Gasteiger partial charge on any atom is 0.271 e. The van der Waals surface area contributed by atoms with Crippen LogP contribution in [-0.4, -0.2) is 39.4 Å². The summed E-state index contributed by atoms with van der Waals surface area (Å²) in [5.74, 6) is 0.693. The zero-order valence-electron chi connectivity index (χ0n) is 17.2. The second-order valence-corrected chi connectivity index (χ2v) is 8.61. The lowest BCUT2D eigenvalue weighted by atomic mass is 9.93. The predicted molar refractivity (Wildman–Crippen MR) is 108 cm³/mol. The topological polar surface area (TPSA) is 67.5 Å². The molecule has 0 bridgehead atoms. The van der Waals surface area contributed by atoms with Crippen LogP contribution in [0.1, 0.15) is 75.0 Å². The fourth-order valence-electron chi connectivity index (χ4n) is 4.80. The molecule has 152 valence electrons. The van der Waals surface area contributed by atoms with E-state index in [-0.39, 0.29) is 17.9 Å². The molecule has 1 N–H and O–H groups in total. The lowest BCUT2D eigenvalue weighted by Gasteiger charge is -2.44. The monoisotopic (exact) mass is 385 g/mol. The maximum atomic E-state index is 13.5. The van der Waals surface area contributed by atoms with Crippen molar-refractivity contribution in [2.24, 2.45) is 0 Å². The summed E-state index contributed by atoms with van der Waals surface area (Å²) >= 11 is 0. The Bertz CT molecular complexity index is 888. The Morgan fingerprint density at radius 2 is 1.96 bits per heavy atom. The third kappa shape index (κ3) is 3.12. The summed E-state index contributed by atoms with van der Waals surface area (Å²) in [6, 6.07) is 3.98. The van der Waals surface area contributed by atoms with Crippen LogP contribution in [0.2, 0.25) is 0 Å². The van der Waals surface area contributed by atoms with Crippen LogP contribution in [0.5, 0.6) is 0 Å². The zero-order valence-corrected chi connectivity index (χ0v) is 17.2. The summed E-state index contributed by atoms with van der Waals surface area (Å²) in [5, 5.41) is 3.28. The van der Waals surface area contributed by atoms with Gasteiger partial charge in [-0.2, -0.15) is 0 Å². The molecule has 0 aromatic carbocycles. The molecule has 28 heavy (non-hydrogen) atoms. The van der Waals surface area contributed by atoms with Crippen molar-refractivity contribution >= 4 is 22.9 Å². The molecule has 0 radical (unpaired) electrons. The minimum absolute atomic E-state index is 0.0334. The first kappa shape index (κ1) is 19.1. The highest BCUT2D eigenvalue weighted by atomic mass is 16.3. The number of amides is 2. The third-order valence-corrected chi connectivity index (χ3v) is 6.37. The summed E-state index contributed by atoms with van der Waals surface area (Å²) in [5.41, 5.74) is 1.32. The van der Waals surface area contributed by atoms with Crippen LogP contribution in [0.15, 0.2) is 16.5 Å². The smallest absolute Gasteiger partial charge is 0.271 e. The summed E-state index contributed by atoms with van der Waals surface area (Å²) in [6.07, 6.45) is 7.69. The van der Waals surface area contributed by atoms with Gasteiger partial charge in [0.15, 0.2) is 5.58 Å². The van der Waals surface area contributed by atoms with E-state index >= 15 is 0 Å². The Morgan fingerprint density at radius 1 is 1.25 bits per heavy atom. The standard InChI is InChI=1S/C22H31N3O3/c1-4-11-25-20(26)18-13-19-17(12-15(2)28-19)24(18)14-22(25,3)21(27)23-16-9-7-5-6-8-10-16/h12-13,16H,4-11,14H2,1-3H3,(H,23,27)/t22-/m0/s1. The number of aryl methyl sites for hydroxylation is 1. The normalized spacial score (nSPS) is 23.7. The van der Waals surface area contributed by atoms with Gasteiger partial charge in [-0.05, 0) is 33.1 Å². The van der Waals surface area contributed by atoms with Crippen LogP contribution in [0.25, 0.3) is 11.1 Å². The van der Waals surface area contributed by atoms with Gasteiger partial charge < -0.3 is 19.2 Å². The second kappa shape index (κ2) is 7.30. The lowest BCUT2D eigenvalue weighted by Crippen LogP contribution is -2.65. The number of carbonyl (C=O) groups is 2. The highest BCUT2D eigenvalue weighted by Gasteiger charge is 2.48. The van der Waals surface area contributed by atoms with E-state index in [0.717, 1.165) is 43.4 Å². The number of carbonyl (C=O) groups excluding carboxylic acids is 2. The van der Waals surface area contributed by atoms with Gasteiger partial charge in [0, 0.05) is 24.7 Å². The minimum Gasteiger partial charge on any atom is -0.460 e. The molecule has 2 aromatic heterocycles. The minimum atomic E-state index is -0.899. The number of aromatic nitrogens is 1. The van der Waals surface area contributed by atoms with E-state index in [9.17, 15) is 9.59 Å². The van der Waals surface area contributed by atoms with Gasteiger partial charge in [0.1, 0.15) is 17.0 Å². The molecule has 6 heteroatoms. The summed E-state index contributed by atoms with van der Waals surface area (Å²) in [7, 11) is 0. The number of furan rings is 1. The molecule has 3 heterocycles. The Labute approximate surface area is 166 Å². The van der Waals surface area contributed by atoms with E-state index in [1.54, 1.807) is 4.90 Å². The largest absolute Gasteiger partial charge is 0.460 e. The fraction of sp³-hybridized carbons (Fsp3) is 0.636. The SMILES string of the molecule is CCCN1C(=O)c2cc3oc(C)cc3n2C[C@@]1(C)C(=O)NC1CCCCCC1. The number of nitrogens with one attached hydrogen (secondary N) is 1. The molecule has 0 spiro atoms. The van der Waals surface area contributed by atoms with Crippen LogP contribution >= 0.6 is 0 Å². The van der Waals surface area contributed by atoms with Gasteiger partial charge in [0.25, 0.3) is 5.91 Å². The Balaban J connectivity index is 1.68. The van der Waals surface area contributed by atoms with Crippen LogP contribution in [0, 0.1) is 6.92 Å². The number of rotatable bonds is 4. The van der Waals surface area contributed by atoms with Gasteiger partial charge in [0.2, 0.25) is 5.91 Å². The Hall–Kier alpha value is -2.24. The van der Waals surface area contributed by atoms with Gasteiger partial charge in [0.05, 0.1) is 12.1 Å². The molecule has 0 unspecified atom stereocenters. The van der Waals surface area contributed by atoms with Crippen LogP contribution < -0.4 is 5.32 Å². The van der Waals surface area contributed by atoms with Crippen LogP contribution in [-0.2, 0) is 11.3 Å². The molecular formula is C22H31N3O3. The molecule has 1 fully saturated rings. The van der Waals surface area contributed by atoms with E-state index in [1.807, 2.05) is 37.5 Å². The first-order chi connectivity index (χ1) is 13.4. The van der Waals surface area contributed by atoms with Crippen molar-refractivity contribution in [2.75, 3.05) is 6.54 Å². The second-order valence-electron chi connectivity index (χ2n) is 8.61. The van der Waals surface area contributed by atoms with Crippen molar-refractivity contribution in [3.63, 3.8) is 0 Å². The maximum absolute atomic E-state index is 13.5. The molecule has 1 saturated carbocycles. The van der Waals surface area contributed by atoms with Gasteiger partial charge in [-0.1, -0.05) is 32.6 Å². The van der Waals surface area contributed by atoms with E-state index < -0.39 is 5.54 Å². The van der Waals surface area contributed by atoms with Gasteiger partial charge in [-0.25, -0.2) is 0 Å². The Kier molecular flexibility index (Phi) is 4.98. The molecular weight excluding hydrogens is 354 g/mol.